The third kappa shape index (κ3) is 1.84. The highest BCUT2D eigenvalue weighted by Crippen LogP contribution is 2.23. The first-order valence-corrected chi connectivity index (χ1v) is 5.80. The Balaban J connectivity index is 2.43. The van der Waals surface area contributed by atoms with Gasteiger partial charge < -0.3 is 0 Å². The largest absolute Gasteiger partial charge is 0.337 e. The molecule has 6 heteroatoms. The van der Waals surface area contributed by atoms with Crippen LogP contribution in [0, 0.1) is 0 Å². The number of barbiturate groups is 1. The molecular formula is C11H9BrN2O3. The van der Waals surface area contributed by atoms with Gasteiger partial charge in [0.25, 0.3) is 11.8 Å². The van der Waals surface area contributed by atoms with Crippen molar-refractivity contribution < 1.29 is 14.4 Å². The smallest absolute Gasteiger partial charge is 0.272 e. The van der Waals surface area contributed by atoms with E-state index in [0.29, 0.717) is 5.69 Å². The summed E-state index contributed by atoms with van der Waals surface area (Å²) in [5.41, 5.74) is 0.450. The zero-order valence-corrected chi connectivity index (χ0v) is 10.5. The van der Waals surface area contributed by atoms with Gasteiger partial charge in [-0.3, -0.25) is 14.5 Å². The van der Waals surface area contributed by atoms with E-state index in [1.165, 1.54) is 7.05 Å². The van der Waals surface area contributed by atoms with Crippen LogP contribution < -0.4 is 4.90 Å². The molecule has 88 valence electrons. The molecule has 2 rings (SSSR count). The predicted molar refractivity (Wildman–Crippen MR) is 64.8 cm³/mol. The molecule has 5 nitrogen and oxygen atoms in total. The molecule has 1 unspecified atom stereocenters. The fourth-order valence-corrected chi connectivity index (χ4v) is 2.05. The van der Waals surface area contributed by atoms with Crippen molar-refractivity contribution in [2.24, 2.45) is 0 Å². The Morgan fingerprint density at radius 3 is 2.24 bits per heavy atom. The lowest BCUT2D eigenvalue weighted by atomic mass is 10.2. The maximum absolute atomic E-state index is 11.9. The molecule has 1 aromatic carbocycles. The van der Waals surface area contributed by atoms with Gasteiger partial charge in [0, 0.05) is 7.05 Å². The Morgan fingerprint density at radius 1 is 1.06 bits per heavy atom. The van der Waals surface area contributed by atoms with Crippen LogP contribution >= 0.6 is 15.9 Å². The number of hydrogen-bond donors (Lipinski definition) is 0. The molecule has 0 aliphatic carbocycles. The lowest BCUT2D eigenvalue weighted by Gasteiger charge is -2.32. The third-order valence-corrected chi connectivity index (χ3v) is 3.26. The summed E-state index contributed by atoms with van der Waals surface area (Å²) in [7, 11) is 1.35. The summed E-state index contributed by atoms with van der Waals surface area (Å²) < 4.78 is 0. The van der Waals surface area contributed by atoms with E-state index in [0.717, 1.165) is 9.80 Å². The maximum Gasteiger partial charge on any atom is 0.337 e. The number of benzene rings is 1. The molecule has 0 radical (unpaired) electrons. The Morgan fingerprint density at radius 2 is 1.65 bits per heavy atom. The highest BCUT2D eigenvalue weighted by Gasteiger charge is 2.43. The van der Waals surface area contributed by atoms with E-state index in [9.17, 15) is 14.4 Å². The number of urea groups is 1. The number of anilines is 1. The molecular weight excluding hydrogens is 288 g/mol. The molecule has 1 heterocycles. The van der Waals surface area contributed by atoms with Gasteiger partial charge in [-0.25, -0.2) is 9.69 Å². The molecule has 1 atom stereocenters. The van der Waals surface area contributed by atoms with Crippen molar-refractivity contribution in [1.29, 1.82) is 0 Å². The number of imide groups is 2. The van der Waals surface area contributed by atoms with E-state index in [2.05, 4.69) is 15.9 Å². The zero-order valence-electron chi connectivity index (χ0n) is 8.96. The summed E-state index contributed by atoms with van der Waals surface area (Å²) in [6.07, 6.45) is 0. The first kappa shape index (κ1) is 11.8. The number of alkyl halides is 1. The van der Waals surface area contributed by atoms with Gasteiger partial charge in [-0.15, -0.1) is 0 Å². The van der Waals surface area contributed by atoms with Crippen molar-refractivity contribution >= 4 is 39.5 Å². The van der Waals surface area contributed by atoms with Crippen LogP contribution in [0.2, 0.25) is 0 Å². The van der Waals surface area contributed by atoms with Crippen molar-refractivity contribution in [3.63, 3.8) is 0 Å². The molecule has 1 fully saturated rings. The van der Waals surface area contributed by atoms with Crippen LogP contribution in [0.25, 0.3) is 0 Å². The summed E-state index contributed by atoms with van der Waals surface area (Å²) in [4.78, 5) is 36.2. The fraction of sp³-hybridized carbons (Fsp3) is 0.182. The predicted octanol–water partition coefficient (Wildman–Crippen LogP) is 1.38. The average Bonchev–Trinajstić information content (AvgIpc) is 2.36. The quantitative estimate of drug-likeness (QED) is 0.581. The van der Waals surface area contributed by atoms with Crippen LogP contribution in [0.4, 0.5) is 10.5 Å². The minimum atomic E-state index is -1.01. The van der Waals surface area contributed by atoms with Crippen molar-refractivity contribution in [1.82, 2.24) is 4.90 Å². The van der Waals surface area contributed by atoms with Crippen LogP contribution in [0.15, 0.2) is 30.3 Å². The normalized spacial score (nSPS) is 21.1. The van der Waals surface area contributed by atoms with Crippen molar-refractivity contribution in [3.05, 3.63) is 30.3 Å². The lowest BCUT2D eigenvalue weighted by Crippen LogP contribution is -2.59. The molecule has 4 amide bonds. The SMILES string of the molecule is CN1C(=O)C(Br)C(=O)N(c2ccccc2)C1=O. The van der Waals surface area contributed by atoms with Crippen molar-refractivity contribution in [2.75, 3.05) is 11.9 Å². The van der Waals surface area contributed by atoms with Crippen LogP contribution in [-0.2, 0) is 9.59 Å². The first-order valence-electron chi connectivity index (χ1n) is 4.88. The van der Waals surface area contributed by atoms with E-state index >= 15 is 0 Å². The topological polar surface area (TPSA) is 57.7 Å². The number of halogens is 1. The number of para-hydroxylation sites is 1. The maximum atomic E-state index is 11.9. The Bertz CT molecular complexity index is 465. The summed E-state index contributed by atoms with van der Waals surface area (Å²) >= 11 is 2.99. The number of carbonyl (C=O) groups is 3. The zero-order chi connectivity index (χ0) is 12.6. The first-order chi connectivity index (χ1) is 8.04. The molecule has 1 aliphatic heterocycles. The van der Waals surface area contributed by atoms with Crippen LogP contribution in [-0.4, -0.2) is 34.6 Å². The summed E-state index contributed by atoms with van der Waals surface area (Å²) in [5.74, 6) is -1.11. The summed E-state index contributed by atoms with van der Waals surface area (Å²) in [6, 6.07) is 7.86. The number of rotatable bonds is 1. The monoisotopic (exact) mass is 296 g/mol. The van der Waals surface area contributed by atoms with Gasteiger partial charge in [-0.2, -0.15) is 0 Å². The standard InChI is InChI=1S/C11H9BrN2O3/c1-13-9(15)8(12)10(16)14(11(13)17)7-5-3-2-4-6-7/h2-6,8H,1H3. The van der Waals surface area contributed by atoms with E-state index < -0.39 is 22.7 Å². The van der Waals surface area contributed by atoms with Gasteiger partial charge in [0.2, 0.25) is 0 Å². The number of amides is 4. The molecule has 0 saturated carbocycles. The van der Waals surface area contributed by atoms with Gasteiger partial charge >= 0.3 is 6.03 Å². The molecule has 0 bridgehead atoms. The van der Waals surface area contributed by atoms with Gasteiger partial charge in [0.1, 0.15) is 0 Å². The molecule has 0 aromatic heterocycles. The second kappa shape index (κ2) is 4.29. The number of nitrogens with zero attached hydrogens (tertiary/aromatic N) is 2. The Hall–Kier alpha value is -1.69. The number of carbonyl (C=O) groups excluding carboxylic acids is 3. The highest BCUT2D eigenvalue weighted by atomic mass is 79.9. The van der Waals surface area contributed by atoms with Crippen LogP contribution in [0.5, 0.6) is 0 Å². The van der Waals surface area contributed by atoms with E-state index in [4.69, 9.17) is 0 Å². The lowest BCUT2D eigenvalue weighted by molar-refractivity contribution is -0.132. The molecule has 1 aromatic rings. The second-order valence-electron chi connectivity index (χ2n) is 3.55. The third-order valence-electron chi connectivity index (χ3n) is 2.48. The van der Waals surface area contributed by atoms with E-state index in [1.807, 2.05) is 0 Å². The van der Waals surface area contributed by atoms with Crippen LogP contribution in [0.1, 0.15) is 0 Å². The van der Waals surface area contributed by atoms with Crippen molar-refractivity contribution in [2.45, 2.75) is 4.83 Å². The summed E-state index contributed by atoms with van der Waals surface area (Å²) in [6.45, 7) is 0. The van der Waals surface area contributed by atoms with Gasteiger partial charge in [0.05, 0.1) is 5.69 Å². The van der Waals surface area contributed by atoms with Crippen molar-refractivity contribution in [3.8, 4) is 0 Å². The highest BCUT2D eigenvalue weighted by molar-refractivity contribution is 9.10. The molecule has 17 heavy (non-hydrogen) atoms. The van der Waals surface area contributed by atoms with E-state index in [1.54, 1.807) is 30.3 Å². The fourth-order valence-electron chi connectivity index (χ4n) is 1.54. The van der Waals surface area contributed by atoms with Gasteiger partial charge in [0.15, 0.2) is 4.83 Å². The molecule has 0 N–H and O–H groups in total. The molecule has 1 aliphatic rings. The van der Waals surface area contributed by atoms with Gasteiger partial charge in [-0.05, 0) is 12.1 Å². The Kier molecular flexibility index (Phi) is 2.97. The van der Waals surface area contributed by atoms with E-state index in [-0.39, 0.29) is 0 Å². The summed E-state index contributed by atoms with van der Waals surface area (Å²) in [5, 5.41) is 0. The minimum Gasteiger partial charge on any atom is -0.272 e. The Labute approximate surface area is 106 Å². The minimum absolute atomic E-state index is 0.450. The number of hydrogen-bond acceptors (Lipinski definition) is 3. The average molecular weight is 297 g/mol. The van der Waals surface area contributed by atoms with Crippen LogP contribution in [0.3, 0.4) is 0 Å². The molecule has 1 saturated heterocycles. The molecule has 0 spiro atoms. The van der Waals surface area contributed by atoms with Gasteiger partial charge in [-0.1, -0.05) is 34.1 Å². The second-order valence-corrected chi connectivity index (χ2v) is 4.47.